The maximum atomic E-state index is 13.3. The molecule has 8 nitrogen and oxygen atoms in total. The van der Waals surface area contributed by atoms with E-state index in [1.165, 1.54) is 35.7 Å². The van der Waals surface area contributed by atoms with E-state index < -0.39 is 15.8 Å². The number of halogens is 2. The van der Waals surface area contributed by atoms with Gasteiger partial charge in [0, 0.05) is 50.4 Å². The summed E-state index contributed by atoms with van der Waals surface area (Å²) >= 11 is 6.95. The second-order valence-corrected chi connectivity index (χ2v) is 10.7. The van der Waals surface area contributed by atoms with Gasteiger partial charge in [-0.3, -0.25) is 9.52 Å². The first-order chi connectivity index (χ1) is 16.2. The molecule has 1 atom stereocenters. The smallest absolute Gasteiger partial charge is 0.263 e. The van der Waals surface area contributed by atoms with E-state index in [2.05, 4.69) is 14.6 Å². The number of anilines is 2. The highest BCUT2D eigenvalue weighted by Gasteiger charge is 2.28. The number of carbonyl (C=O) groups is 1. The van der Waals surface area contributed by atoms with E-state index in [-0.39, 0.29) is 29.9 Å². The fourth-order valence-electron chi connectivity index (χ4n) is 3.64. The van der Waals surface area contributed by atoms with Crippen molar-refractivity contribution in [3.05, 3.63) is 64.9 Å². The first-order valence-corrected chi connectivity index (χ1v) is 13.1. The SMILES string of the molecule is C[C@@H]1CN(c2ccc(S(=O)(=O)Nc3nccs3)cc2)CCN1C(=O)COc1ccc(F)c(Cl)c1.[HH]. The van der Waals surface area contributed by atoms with Gasteiger partial charge in [0.2, 0.25) is 0 Å². The normalized spacial score (nSPS) is 16.4. The van der Waals surface area contributed by atoms with Gasteiger partial charge in [-0.1, -0.05) is 11.6 Å². The summed E-state index contributed by atoms with van der Waals surface area (Å²) in [5, 5.41) is 1.94. The molecule has 0 radical (unpaired) electrons. The second-order valence-electron chi connectivity index (χ2n) is 7.68. The average Bonchev–Trinajstić information content (AvgIpc) is 3.32. The highest BCUT2D eigenvalue weighted by Crippen LogP contribution is 2.24. The van der Waals surface area contributed by atoms with Gasteiger partial charge in [-0.2, -0.15) is 0 Å². The number of amides is 1. The molecule has 1 aromatic heterocycles. The van der Waals surface area contributed by atoms with Crippen LogP contribution in [-0.2, 0) is 14.8 Å². The van der Waals surface area contributed by atoms with Crippen molar-refractivity contribution in [1.82, 2.24) is 9.88 Å². The van der Waals surface area contributed by atoms with Gasteiger partial charge in [0.1, 0.15) is 11.6 Å². The van der Waals surface area contributed by atoms with Crippen molar-refractivity contribution in [1.29, 1.82) is 0 Å². The number of benzene rings is 2. The van der Waals surface area contributed by atoms with Crippen LogP contribution in [0.15, 0.2) is 58.9 Å². The van der Waals surface area contributed by atoms with Gasteiger partial charge in [-0.25, -0.2) is 17.8 Å². The van der Waals surface area contributed by atoms with Crippen LogP contribution in [0.1, 0.15) is 8.35 Å². The zero-order chi connectivity index (χ0) is 24.3. The molecule has 1 N–H and O–H groups in total. The summed E-state index contributed by atoms with van der Waals surface area (Å²) in [7, 11) is -3.71. The van der Waals surface area contributed by atoms with E-state index in [1.807, 2.05) is 6.92 Å². The summed E-state index contributed by atoms with van der Waals surface area (Å²) in [5.74, 6) is -0.403. The quantitative estimate of drug-likeness (QED) is 0.498. The molecule has 182 valence electrons. The largest absolute Gasteiger partial charge is 0.484 e. The van der Waals surface area contributed by atoms with Crippen molar-refractivity contribution in [3.63, 3.8) is 0 Å². The van der Waals surface area contributed by atoms with Crippen LogP contribution in [0.4, 0.5) is 15.2 Å². The number of carbonyl (C=O) groups excluding carboxylic acids is 1. The molecule has 1 aliphatic heterocycles. The Hall–Kier alpha value is -2.89. The van der Waals surface area contributed by atoms with Crippen molar-refractivity contribution < 1.29 is 23.8 Å². The molecule has 2 aromatic carbocycles. The van der Waals surface area contributed by atoms with Crippen LogP contribution in [0, 0.1) is 5.82 Å². The molecule has 12 heteroatoms. The van der Waals surface area contributed by atoms with Gasteiger partial charge in [-0.15, -0.1) is 11.3 Å². The third-order valence-corrected chi connectivity index (χ3v) is 7.83. The fourth-order valence-corrected chi connectivity index (χ4v) is 5.60. The van der Waals surface area contributed by atoms with E-state index in [4.69, 9.17) is 16.3 Å². The molecule has 1 saturated heterocycles. The maximum Gasteiger partial charge on any atom is 0.263 e. The molecule has 0 unspecified atom stereocenters. The Morgan fingerprint density at radius 1 is 1.29 bits per heavy atom. The molecule has 1 amide bonds. The van der Waals surface area contributed by atoms with Gasteiger partial charge in [0.25, 0.3) is 15.9 Å². The lowest BCUT2D eigenvalue weighted by Gasteiger charge is -2.41. The number of rotatable bonds is 7. The molecule has 34 heavy (non-hydrogen) atoms. The minimum Gasteiger partial charge on any atom is -0.484 e. The number of hydrogen-bond acceptors (Lipinski definition) is 7. The van der Waals surface area contributed by atoms with Gasteiger partial charge >= 0.3 is 0 Å². The van der Waals surface area contributed by atoms with E-state index >= 15 is 0 Å². The minimum atomic E-state index is -3.71. The van der Waals surface area contributed by atoms with Crippen molar-refractivity contribution in [3.8, 4) is 5.75 Å². The Labute approximate surface area is 207 Å². The van der Waals surface area contributed by atoms with Gasteiger partial charge in [0.15, 0.2) is 11.7 Å². The first kappa shape index (κ1) is 24.2. The van der Waals surface area contributed by atoms with E-state index in [0.29, 0.717) is 30.5 Å². The first-order valence-electron chi connectivity index (χ1n) is 10.4. The number of nitrogens with zero attached hydrogens (tertiary/aromatic N) is 3. The van der Waals surface area contributed by atoms with Crippen LogP contribution in [0.2, 0.25) is 5.02 Å². The van der Waals surface area contributed by atoms with E-state index in [1.54, 1.807) is 34.5 Å². The van der Waals surface area contributed by atoms with E-state index in [0.717, 1.165) is 5.69 Å². The van der Waals surface area contributed by atoms with Gasteiger partial charge in [0.05, 0.1) is 9.92 Å². The molecule has 3 aromatic rings. The van der Waals surface area contributed by atoms with Crippen LogP contribution >= 0.6 is 22.9 Å². The summed E-state index contributed by atoms with van der Waals surface area (Å²) in [5.41, 5.74) is 0.865. The van der Waals surface area contributed by atoms with Crippen molar-refractivity contribution in [2.75, 3.05) is 35.9 Å². The Kier molecular flexibility index (Phi) is 7.24. The molecule has 0 spiro atoms. The number of aromatic nitrogens is 1. The molecule has 2 heterocycles. The van der Waals surface area contributed by atoms with Crippen LogP contribution in [0.25, 0.3) is 0 Å². The van der Waals surface area contributed by atoms with Gasteiger partial charge < -0.3 is 14.5 Å². The minimum absolute atomic E-state index is 0. The molecule has 4 rings (SSSR count). The van der Waals surface area contributed by atoms with Crippen LogP contribution in [0.3, 0.4) is 0 Å². The molecular formula is C22H24ClFN4O4S2. The highest BCUT2D eigenvalue weighted by atomic mass is 35.5. The number of sulfonamides is 1. The van der Waals surface area contributed by atoms with Crippen molar-refractivity contribution >= 4 is 49.7 Å². The topological polar surface area (TPSA) is 91.8 Å². The lowest BCUT2D eigenvalue weighted by molar-refractivity contribution is -0.135. The van der Waals surface area contributed by atoms with Crippen molar-refractivity contribution in [2.45, 2.75) is 17.9 Å². The van der Waals surface area contributed by atoms with Crippen LogP contribution < -0.4 is 14.4 Å². The number of ether oxygens (including phenoxy) is 1. The maximum absolute atomic E-state index is 13.3. The molecule has 0 aliphatic carbocycles. The number of hydrogen-bond donors (Lipinski definition) is 1. The second kappa shape index (κ2) is 10.2. The zero-order valence-electron chi connectivity index (χ0n) is 18.1. The van der Waals surface area contributed by atoms with Crippen LogP contribution in [-0.4, -0.2) is 56.5 Å². The summed E-state index contributed by atoms with van der Waals surface area (Å²) in [6.45, 7) is 3.42. The fraction of sp³-hybridized carbons (Fsp3) is 0.273. The van der Waals surface area contributed by atoms with Crippen LogP contribution in [0.5, 0.6) is 5.75 Å². The predicted molar refractivity (Wildman–Crippen MR) is 132 cm³/mol. The Bertz CT molecular complexity index is 1260. The molecule has 1 fully saturated rings. The summed E-state index contributed by atoms with van der Waals surface area (Å²) in [4.78, 5) is 20.6. The summed E-state index contributed by atoms with van der Waals surface area (Å²) in [6, 6.07) is 10.5. The highest BCUT2D eigenvalue weighted by molar-refractivity contribution is 7.93. The molecule has 0 bridgehead atoms. The Balaban J connectivity index is 0.00000342. The third-order valence-electron chi connectivity index (χ3n) is 5.37. The van der Waals surface area contributed by atoms with E-state index in [9.17, 15) is 17.6 Å². The monoisotopic (exact) mass is 526 g/mol. The number of piperazine rings is 1. The molecule has 1 aliphatic rings. The number of nitrogens with one attached hydrogen (secondary N) is 1. The standard InChI is InChI=1S/C22H22ClFN4O4S2.H2/c1-15-13-27(9-10-28(15)21(29)14-32-17-4-7-20(24)19(23)12-17)16-2-5-18(6-3-16)34(30,31)26-22-25-8-11-33-22;/h2-8,11-12,15H,9-10,13-14H2,1H3,(H,25,26);1H/t15-;/m1./s1. The summed E-state index contributed by atoms with van der Waals surface area (Å²) in [6.07, 6.45) is 1.53. The Morgan fingerprint density at radius 2 is 2.06 bits per heavy atom. The Morgan fingerprint density at radius 3 is 2.71 bits per heavy atom. The summed E-state index contributed by atoms with van der Waals surface area (Å²) < 4.78 is 46.2. The predicted octanol–water partition coefficient (Wildman–Crippen LogP) is 4.10. The third kappa shape index (κ3) is 5.60. The average molecular weight is 527 g/mol. The lowest BCUT2D eigenvalue weighted by Crippen LogP contribution is -2.55. The molecule has 0 saturated carbocycles. The molecular weight excluding hydrogens is 503 g/mol. The number of thiazole rings is 1. The lowest BCUT2D eigenvalue weighted by atomic mass is 10.1. The van der Waals surface area contributed by atoms with Crippen molar-refractivity contribution in [2.24, 2.45) is 0 Å². The zero-order valence-corrected chi connectivity index (χ0v) is 20.5. The van der Waals surface area contributed by atoms with Gasteiger partial charge in [-0.05, 0) is 43.3 Å².